The minimum atomic E-state index is -0.249. The third-order valence-corrected chi connectivity index (χ3v) is 3.86. The first kappa shape index (κ1) is 17.9. The average molecular weight is 346 g/mol. The first-order valence-electron chi connectivity index (χ1n) is 7.52. The summed E-state index contributed by atoms with van der Waals surface area (Å²) in [5, 5.41) is 3.49. The molecule has 0 atom stereocenters. The van der Waals surface area contributed by atoms with E-state index in [0.717, 1.165) is 11.1 Å². The molecule has 0 bridgehead atoms. The third-order valence-electron chi connectivity index (χ3n) is 3.27. The number of aryl methyl sites for hydroxylation is 2. The highest BCUT2D eigenvalue weighted by Gasteiger charge is 2.07. The van der Waals surface area contributed by atoms with Crippen LogP contribution in [0.3, 0.4) is 0 Å². The van der Waals surface area contributed by atoms with Gasteiger partial charge in [0, 0.05) is 16.8 Å². The van der Waals surface area contributed by atoms with Gasteiger partial charge in [0.25, 0.3) is 5.91 Å². The Labute approximate surface area is 147 Å². The molecule has 4 nitrogen and oxygen atoms in total. The molecule has 0 saturated carbocycles. The number of anilines is 1. The lowest BCUT2D eigenvalue weighted by Gasteiger charge is -2.11. The van der Waals surface area contributed by atoms with E-state index in [9.17, 15) is 4.79 Å². The SMILES string of the molecule is C=CCOc1cccc(NC(=O)COc2cc(C)c(Cl)c(C)c2)c1. The number of halogens is 1. The van der Waals surface area contributed by atoms with Crippen molar-refractivity contribution in [3.63, 3.8) is 0 Å². The summed E-state index contributed by atoms with van der Waals surface area (Å²) in [6.07, 6.45) is 1.66. The predicted octanol–water partition coefficient (Wildman–Crippen LogP) is 4.54. The monoisotopic (exact) mass is 345 g/mol. The van der Waals surface area contributed by atoms with Gasteiger partial charge in [-0.05, 0) is 49.2 Å². The van der Waals surface area contributed by atoms with Gasteiger partial charge < -0.3 is 14.8 Å². The molecule has 1 amide bonds. The zero-order valence-electron chi connectivity index (χ0n) is 13.8. The number of carbonyl (C=O) groups is 1. The number of rotatable bonds is 7. The maximum Gasteiger partial charge on any atom is 0.262 e. The van der Waals surface area contributed by atoms with Gasteiger partial charge in [0.2, 0.25) is 0 Å². The molecule has 0 fully saturated rings. The van der Waals surface area contributed by atoms with Gasteiger partial charge in [0.1, 0.15) is 18.1 Å². The number of ether oxygens (including phenoxy) is 2. The summed E-state index contributed by atoms with van der Waals surface area (Å²) in [6.45, 7) is 7.72. The molecule has 0 aliphatic heterocycles. The van der Waals surface area contributed by atoms with Gasteiger partial charge in [-0.25, -0.2) is 0 Å². The quantitative estimate of drug-likeness (QED) is 0.749. The predicted molar refractivity (Wildman–Crippen MR) is 97.2 cm³/mol. The summed E-state index contributed by atoms with van der Waals surface area (Å²) in [5.41, 5.74) is 2.48. The van der Waals surface area contributed by atoms with Crippen LogP contribution in [0, 0.1) is 13.8 Å². The van der Waals surface area contributed by atoms with E-state index in [2.05, 4.69) is 11.9 Å². The van der Waals surface area contributed by atoms with Gasteiger partial charge in [-0.1, -0.05) is 30.3 Å². The topological polar surface area (TPSA) is 47.6 Å². The molecule has 0 aromatic heterocycles. The minimum absolute atomic E-state index is 0.0851. The highest BCUT2D eigenvalue weighted by Crippen LogP contribution is 2.25. The van der Waals surface area contributed by atoms with E-state index in [4.69, 9.17) is 21.1 Å². The summed E-state index contributed by atoms with van der Waals surface area (Å²) < 4.78 is 11.0. The Balaban J connectivity index is 1.93. The Morgan fingerprint density at radius 3 is 2.54 bits per heavy atom. The third kappa shape index (κ3) is 5.03. The van der Waals surface area contributed by atoms with E-state index >= 15 is 0 Å². The fraction of sp³-hybridized carbons (Fsp3) is 0.211. The van der Waals surface area contributed by atoms with Crippen molar-refractivity contribution in [2.75, 3.05) is 18.5 Å². The van der Waals surface area contributed by atoms with Crippen molar-refractivity contribution in [2.45, 2.75) is 13.8 Å². The standard InChI is InChI=1S/C19H20ClNO3/c1-4-8-23-16-7-5-6-15(11-16)21-18(22)12-24-17-9-13(2)19(20)14(3)10-17/h4-7,9-11H,1,8,12H2,2-3H3,(H,21,22). The molecule has 0 heterocycles. The van der Waals surface area contributed by atoms with E-state index < -0.39 is 0 Å². The summed E-state index contributed by atoms with van der Waals surface area (Å²) in [7, 11) is 0. The van der Waals surface area contributed by atoms with Crippen LogP contribution in [0.25, 0.3) is 0 Å². The number of benzene rings is 2. The van der Waals surface area contributed by atoms with Crippen LogP contribution >= 0.6 is 11.6 Å². The Morgan fingerprint density at radius 1 is 1.17 bits per heavy atom. The number of carbonyl (C=O) groups excluding carboxylic acids is 1. The molecule has 0 aliphatic carbocycles. The Kier molecular flexibility index (Phi) is 6.27. The molecular weight excluding hydrogens is 326 g/mol. The number of nitrogens with one attached hydrogen (secondary N) is 1. The number of hydrogen-bond donors (Lipinski definition) is 1. The van der Waals surface area contributed by atoms with Crippen LogP contribution in [0.4, 0.5) is 5.69 Å². The molecule has 1 N–H and O–H groups in total. The lowest BCUT2D eigenvalue weighted by atomic mass is 10.1. The average Bonchev–Trinajstić information content (AvgIpc) is 2.56. The van der Waals surface area contributed by atoms with Gasteiger partial charge in [-0.3, -0.25) is 4.79 Å². The number of amides is 1. The first-order chi connectivity index (χ1) is 11.5. The van der Waals surface area contributed by atoms with Crippen LogP contribution in [0.1, 0.15) is 11.1 Å². The molecule has 0 saturated heterocycles. The molecule has 2 aromatic carbocycles. The highest BCUT2D eigenvalue weighted by molar-refractivity contribution is 6.32. The first-order valence-corrected chi connectivity index (χ1v) is 7.90. The van der Waals surface area contributed by atoms with E-state index in [1.165, 1.54) is 0 Å². The van der Waals surface area contributed by atoms with Crippen molar-refractivity contribution < 1.29 is 14.3 Å². The molecular formula is C19H20ClNO3. The van der Waals surface area contributed by atoms with Crippen LogP contribution in [0.2, 0.25) is 5.02 Å². The second-order valence-corrected chi connectivity index (χ2v) is 5.71. The molecule has 0 radical (unpaired) electrons. The Hall–Kier alpha value is -2.46. The van der Waals surface area contributed by atoms with Crippen LogP contribution in [0.5, 0.6) is 11.5 Å². The smallest absolute Gasteiger partial charge is 0.262 e. The van der Waals surface area contributed by atoms with E-state index in [1.807, 2.05) is 32.0 Å². The molecule has 2 aromatic rings. The molecule has 24 heavy (non-hydrogen) atoms. The Morgan fingerprint density at radius 2 is 1.88 bits per heavy atom. The van der Waals surface area contributed by atoms with E-state index in [-0.39, 0.29) is 12.5 Å². The van der Waals surface area contributed by atoms with Crippen molar-refractivity contribution in [2.24, 2.45) is 0 Å². The van der Waals surface area contributed by atoms with Gasteiger partial charge in [0.05, 0.1) is 0 Å². The lowest BCUT2D eigenvalue weighted by molar-refractivity contribution is -0.118. The largest absolute Gasteiger partial charge is 0.489 e. The fourth-order valence-electron chi connectivity index (χ4n) is 2.15. The normalized spacial score (nSPS) is 10.1. The van der Waals surface area contributed by atoms with Crippen molar-refractivity contribution in [3.8, 4) is 11.5 Å². The van der Waals surface area contributed by atoms with Gasteiger partial charge in [-0.15, -0.1) is 0 Å². The van der Waals surface area contributed by atoms with Crippen molar-refractivity contribution >= 4 is 23.2 Å². The van der Waals surface area contributed by atoms with Gasteiger partial charge in [-0.2, -0.15) is 0 Å². The van der Waals surface area contributed by atoms with Gasteiger partial charge in [0.15, 0.2) is 6.61 Å². The molecule has 126 valence electrons. The highest BCUT2D eigenvalue weighted by atomic mass is 35.5. The van der Waals surface area contributed by atoms with Crippen LogP contribution in [-0.2, 0) is 4.79 Å². The van der Waals surface area contributed by atoms with Gasteiger partial charge >= 0.3 is 0 Å². The zero-order valence-corrected chi connectivity index (χ0v) is 14.5. The summed E-state index contributed by atoms with van der Waals surface area (Å²) in [5.74, 6) is 1.03. The van der Waals surface area contributed by atoms with E-state index in [1.54, 1.807) is 24.3 Å². The van der Waals surface area contributed by atoms with Crippen molar-refractivity contribution in [1.82, 2.24) is 0 Å². The maximum absolute atomic E-state index is 12.0. The van der Waals surface area contributed by atoms with Crippen LogP contribution in [-0.4, -0.2) is 19.1 Å². The number of hydrogen-bond acceptors (Lipinski definition) is 3. The molecule has 5 heteroatoms. The summed E-state index contributed by atoms with van der Waals surface area (Å²) >= 11 is 6.12. The summed E-state index contributed by atoms with van der Waals surface area (Å²) in [4.78, 5) is 12.0. The molecule has 0 spiro atoms. The second kappa shape index (κ2) is 8.41. The fourth-order valence-corrected chi connectivity index (χ4v) is 2.26. The summed E-state index contributed by atoms with van der Waals surface area (Å²) in [6, 6.07) is 10.8. The van der Waals surface area contributed by atoms with Crippen LogP contribution in [0.15, 0.2) is 49.1 Å². The van der Waals surface area contributed by atoms with E-state index in [0.29, 0.717) is 28.8 Å². The lowest BCUT2D eigenvalue weighted by Crippen LogP contribution is -2.20. The second-order valence-electron chi connectivity index (χ2n) is 5.34. The maximum atomic E-state index is 12.0. The molecule has 2 rings (SSSR count). The molecule has 0 aliphatic rings. The minimum Gasteiger partial charge on any atom is -0.489 e. The van der Waals surface area contributed by atoms with Crippen molar-refractivity contribution in [1.29, 1.82) is 0 Å². The van der Waals surface area contributed by atoms with Crippen LogP contribution < -0.4 is 14.8 Å². The Bertz CT molecular complexity index is 720. The molecule has 0 unspecified atom stereocenters. The van der Waals surface area contributed by atoms with Crippen molar-refractivity contribution in [3.05, 3.63) is 65.2 Å². The zero-order chi connectivity index (χ0) is 17.5.